The molecule has 2 aromatic carbocycles. The standard InChI is InChI=1S/C19H19NO4S/c1-20(2)25(22,23)17-5-3-4-15(13-17)18(21)8-6-14-7-9-19-16(12-14)10-11-24-19/h3-9,12-13H,10-11H2,1-2H3/b8-6+. The molecular formula is C19H19NO4S. The summed E-state index contributed by atoms with van der Waals surface area (Å²) in [6.45, 7) is 0.689. The topological polar surface area (TPSA) is 63.7 Å². The van der Waals surface area contributed by atoms with Crippen molar-refractivity contribution < 1.29 is 17.9 Å². The van der Waals surface area contributed by atoms with Gasteiger partial charge in [-0.15, -0.1) is 0 Å². The van der Waals surface area contributed by atoms with Crippen LogP contribution in [0.3, 0.4) is 0 Å². The fraction of sp³-hybridized carbons (Fsp3) is 0.211. The highest BCUT2D eigenvalue weighted by molar-refractivity contribution is 7.89. The number of hydrogen-bond acceptors (Lipinski definition) is 4. The molecule has 0 radical (unpaired) electrons. The first kappa shape index (κ1) is 17.4. The summed E-state index contributed by atoms with van der Waals surface area (Å²) in [5.74, 6) is 0.651. The van der Waals surface area contributed by atoms with Gasteiger partial charge >= 0.3 is 0 Å². The van der Waals surface area contributed by atoms with Gasteiger partial charge in [-0.05, 0) is 41.5 Å². The predicted molar refractivity (Wildman–Crippen MR) is 96.3 cm³/mol. The molecule has 2 aromatic rings. The number of benzene rings is 2. The third kappa shape index (κ3) is 3.65. The van der Waals surface area contributed by atoms with E-state index in [1.54, 1.807) is 18.2 Å². The van der Waals surface area contributed by atoms with Crippen LogP contribution < -0.4 is 4.74 Å². The van der Waals surface area contributed by atoms with Gasteiger partial charge in [-0.1, -0.05) is 24.3 Å². The molecule has 0 amide bonds. The molecule has 3 rings (SSSR count). The molecule has 130 valence electrons. The van der Waals surface area contributed by atoms with Crippen molar-refractivity contribution in [3.8, 4) is 5.75 Å². The van der Waals surface area contributed by atoms with Gasteiger partial charge in [0.25, 0.3) is 0 Å². The molecule has 0 atom stereocenters. The molecule has 1 aliphatic rings. The molecule has 0 aromatic heterocycles. The number of allylic oxidation sites excluding steroid dienone is 1. The Morgan fingerprint density at radius 1 is 1.16 bits per heavy atom. The smallest absolute Gasteiger partial charge is 0.242 e. The van der Waals surface area contributed by atoms with E-state index in [2.05, 4.69) is 0 Å². The third-order valence-electron chi connectivity index (χ3n) is 4.04. The zero-order valence-corrected chi connectivity index (χ0v) is 14.9. The number of ketones is 1. The fourth-order valence-corrected chi connectivity index (χ4v) is 3.55. The minimum Gasteiger partial charge on any atom is -0.493 e. The summed E-state index contributed by atoms with van der Waals surface area (Å²) in [4.78, 5) is 12.5. The van der Waals surface area contributed by atoms with Crippen LogP contribution in [0.25, 0.3) is 6.08 Å². The second kappa shape index (κ2) is 6.82. The van der Waals surface area contributed by atoms with Crippen LogP contribution in [0.1, 0.15) is 21.5 Å². The maximum absolute atomic E-state index is 12.4. The van der Waals surface area contributed by atoms with Crippen molar-refractivity contribution >= 4 is 21.9 Å². The van der Waals surface area contributed by atoms with Crippen LogP contribution >= 0.6 is 0 Å². The van der Waals surface area contributed by atoms with Crippen molar-refractivity contribution in [3.05, 3.63) is 65.2 Å². The van der Waals surface area contributed by atoms with Crippen molar-refractivity contribution in [3.63, 3.8) is 0 Å². The Bertz CT molecular complexity index is 946. The van der Waals surface area contributed by atoms with Crippen LogP contribution in [0, 0.1) is 0 Å². The Morgan fingerprint density at radius 2 is 1.96 bits per heavy atom. The van der Waals surface area contributed by atoms with E-state index in [4.69, 9.17) is 4.74 Å². The number of carbonyl (C=O) groups excluding carboxylic acids is 1. The van der Waals surface area contributed by atoms with Crippen molar-refractivity contribution in [2.45, 2.75) is 11.3 Å². The molecule has 6 heteroatoms. The minimum absolute atomic E-state index is 0.103. The maximum Gasteiger partial charge on any atom is 0.242 e. The lowest BCUT2D eigenvalue weighted by molar-refractivity contribution is 0.104. The highest BCUT2D eigenvalue weighted by atomic mass is 32.2. The normalized spacial score (nSPS) is 13.9. The fourth-order valence-electron chi connectivity index (χ4n) is 2.60. The number of hydrogen-bond donors (Lipinski definition) is 0. The molecule has 0 aliphatic carbocycles. The van der Waals surface area contributed by atoms with E-state index in [0.29, 0.717) is 12.2 Å². The number of fused-ring (bicyclic) bond motifs is 1. The van der Waals surface area contributed by atoms with Crippen molar-refractivity contribution in [2.75, 3.05) is 20.7 Å². The molecule has 1 aliphatic heterocycles. The highest BCUT2D eigenvalue weighted by Crippen LogP contribution is 2.26. The van der Waals surface area contributed by atoms with Gasteiger partial charge in [-0.3, -0.25) is 4.79 Å². The summed E-state index contributed by atoms with van der Waals surface area (Å²) in [6, 6.07) is 11.9. The Labute approximate surface area is 147 Å². The molecule has 0 unspecified atom stereocenters. The third-order valence-corrected chi connectivity index (χ3v) is 5.85. The van der Waals surface area contributed by atoms with Gasteiger partial charge in [0.1, 0.15) is 5.75 Å². The Balaban J connectivity index is 1.82. The first-order valence-electron chi connectivity index (χ1n) is 7.89. The first-order chi connectivity index (χ1) is 11.9. The number of carbonyl (C=O) groups is 1. The lowest BCUT2D eigenvalue weighted by Gasteiger charge is -2.11. The largest absolute Gasteiger partial charge is 0.493 e. The second-order valence-corrected chi connectivity index (χ2v) is 8.13. The first-order valence-corrected chi connectivity index (χ1v) is 9.33. The molecule has 0 fully saturated rings. The molecule has 0 N–H and O–H groups in total. The highest BCUT2D eigenvalue weighted by Gasteiger charge is 2.18. The molecule has 1 heterocycles. The minimum atomic E-state index is -3.56. The molecule has 5 nitrogen and oxygen atoms in total. The van der Waals surface area contributed by atoms with Crippen LogP contribution in [0.5, 0.6) is 5.75 Å². The van der Waals surface area contributed by atoms with Gasteiger partial charge in [0.2, 0.25) is 10.0 Å². The quantitative estimate of drug-likeness (QED) is 0.610. The Morgan fingerprint density at radius 3 is 2.72 bits per heavy atom. The maximum atomic E-state index is 12.4. The van der Waals surface area contributed by atoms with Gasteiger partial charge in [0.05, 0.1) is 11.5 Å². The summed E-state index contributed by atoms with van der Waals surface area (Å²) in [7, 11) is -0.644. The van der Waals surface area contributed by atoms with Crippen LogP contribution in [0.4, 0.5) is 0 Å². The van der Waals surface area contributed by atoms with Gasteiger partial charge < -0.3 is 4.74 Å². The van der Waals surface area contributed by atoms with Crippen LogP contribution in [0.2, 0.25) is 0 Å². The predicted octanol–water partition coefficient (Wildman–Crippen LogP) is 2.77. The number of ether oxygens (including phenoxy) is 1. The zero-order valence-electron chi connectivity index (χ0n) is 14.1. The number of nitrogens with zero attached hydrogens (tertiary/aromatic N) is 1. The van der Waals surface area contributed by atoms with E-state index in [1.807, 2.05) is 18.2 Å². The van der Waals surface area contributed by atoms with E-state index in [0.717, 1.165) is 27.6 Å². The van der Waals surface area contributed by atoms with Gasteiger partial charge in [-0.25, -0.2) is 12.7 Å². The summed E-state index contributed by atoms with van der Waals surface area (Å²) in [6.07, 6.45) is 4.06. The molecule has 0 saturated carbocycles. The lowest BCUT2D eigenvalue weighted by atomic mass is 10.1. The van der Waals surface area contributed by atoms with E-state index in [9.17, 15) is 13.2 Å². The van der Waals surface area contributed by atoms with Crippen LogP contribution in [0.15, 0.2) is 53.4 Å². The van der Waals surface area contributed by atoms with Crippen LogP contribution in [-0.2, 0) is 16.4 Å². The SMILES string of the molecule is CN(C)S(=O)(=O)c1cccc(C(=O)/C=C/c2ccc3c(c2)CCO3)c1. The summed E-state index contributed by atoms with van der Waals surface area (Å²) < 4.78 is 30.9. The Kier molecular flexibility index (Phi) is 4.74. The molecule has 25 heavy (non-hydrogen) atoms. The molecule has 0 bridgehead atoms. The average Bonchev–Trinajstić information content (AvgIpc) is 3.07. The Hall–Kier alpha value is -2.44. The van der Waals surface area contributed by atoms with Crippen molar-refractivity contribution in [2.24, 2.45) is 0 Å². The van der Waals surface area contributed by atoms with E-state index < -0.39 is 10.0 Å². The number of rotatable bonds is 5. The molecule has 0 saturated heterocycles. The van der Waals surface area contributed by atoms with E-state index in [1.165, 1.54) is 32.3 Å². The lowest BCUT2D eigenvalue weighted by Crippen LogP contribution is -2.22. The van der Waals surface area contributed by atoms with E-state index in [-0.39, 0.29) is 10.7 Å². The molecule has 0 spiro atoms. The summed E-state index contributed by atoms with van der Waals surface area (Å²) in [5, 5.41) is 0. The van der Waals surface area contributed by atoms with Crippen molar-refractivity contribution in [1.29, 1.82) is 0 Å². The monoisotopic (exact) mass is 357 g/mol. The van der Waals surface area contributed by atoms with E-state index >= 15 is 0 Å². The number of sulfonamides is 1. The van der Waals surface area contributed by atoms with Gasteiger partial charge in [-0.2, -0.15) is 0 Å². The zero-order chi connectivity index (χ0) is 18.0. The van der Waals surface area contributed by atoms with Crippen LogP contribution in [-0.4, -0.2) is 39.2 Å². The molecular weight excluding hydrogens is 338 g/mol. The summed E-state index contributed by atoms with van der Waals surface area (Å²) in [5.41, 5.74) is 2.38. The van der Waals surface area contributed by atoms with Gasteiger partial charge in [0, 0.05) is 26.1 Å². The van der Waals surface area contributed by atoms with Crippen molar-refractivity contribution in [1.82, 2.24) is 4.31 Å². The summed E-state index contributed by atoms with van der Waals surface area (Å²) >= 11 is 0. The van der Waals surface area contributed by atoms with Gasteiger partial charge in [0.15, 0.2) is 5.78 Å². The second-order valence-electron chi connectivity index (χ2n) is 5.98. The average molecular weight is 357 g/mol.